The maximum Gasteiger partial charge on any atom is 0.226 e. The molecular weight excluding hydrogens is 236 g/mol. The molecule has 0 atom stereocenters. The van der Waals surface area contributed by atoms with E-state index >= 15 is 0 Å². The molecule has 5 nitrogen and oxygen atoms in total. The van der Waals surface area contributed by atoms with Crippen molar-refractivity contribution in [2.45, 2.75) is 20.4 Å². The van der Waals surface area contributed by atoms with E-state index in [4.69, 9.17) is 4.74 Å². The Morgan fingerprint density at radius 3 is 3.00 bits per heavy atom. The van der Waals surface area contributed by atoms with Crippen molar-refractivity contribution in [1.82, 2.24) is 15.0 Å². The van der Waals surface area contributed by atoms with Crippen molar-refractivity contribution < 1.29 is 4.74 Å². The molecule has 1 N–H and O–H groups in total. The first-order valence-electron chi connectivity index (χ1n) is 5.38. The lowest BCUT2D eigenvalue weighted by molar-refractivity contribution is 0.326. The zero-order chi connectivity index (χ0) is 12.1. The molecule has 0 aliphatic carbocycles. The Balaban J connectivity index is 1.96. The van der Waals surface area contributed by atoms with Crippen LogP contribution in [0.5, 0.6) is 5.88 Å². The molecule has 0 unspecified atom stereocenters. The van der Waals surface area contributed by atoms with Gasteiger partial charge in [-0.25, -0.2) is 9.97 Å². The van der Waals surface area contributed by atoms with Crippen LogP contribution < -0.4 is 10.1 Å². The predicted octanol–water partition coefficient (Wildman–Crippen LogP) is 2.25. The third-order valence-corrected chi connectivity index (χ3v) is 2.84. The molecule has 2 aromatic rings. The van der Waals surface area contributed by atoms with Crippen molar-refractivity contribution in [3.8, 4) is 5.88 Å². The van der Waals surface area contributed by atoms with Crippen LogP contribution in [0.3, 0.4) is 0 Å². The first kappa shape index (κ1) is 11.8. The number of nitrogens with zero attached hydrogens (tertiary/aromatic N) is 3. The lowest BCUT2D eigenvalue weighted by Crippen LogP contribution is -2.05. The van der Waals surface area contributed by atoms with Crippen molar-refractivity contribution in [2.75, 3.05) is 11.9 Å². The molecule has 0 fully saturated rings. The van der Waals surface area contributed by atoms with Gasteiger partial charge in [0, 0.05) is 17.6 Å². The molecule has 0 aliphatic rings. The minimum Gasteiger partial charge on any atom is -0.478 e. The highest BCUT2D eigenvalue weighted by molar-refractivity contribution is 7.09. The molecule has 2 aromatic heterocycles. The van der Waals surface area contributed by atoms with Crippen molar-refractivity contribution in [1.29, 1.82) is 0 Å². The number of ether oxygens (including phenoxy) is 1. The summed E-state index contributed by atoms with van der Waals surface area (Å²) in [5, 5.41) is 6.20. The SMILES string of the molecule is CCOc1ccnc(NCc2csc(C)n2)n1. The Labute approximate surface area is 104 Å². The monoisotopic (exact) mass is 250 g/mol. The number of aromatic nitrogens is 3. The van der Waals surface area contributed by atoms with Crippen LogP contribution in [0.1, 0.15) is 17.6 Å². The number of aryl methyl sites for hydroxylation is 1. The maximum atomic E-state index is 5.30. The van der Waals surface area contributed by atoms with Gasteiger partial charge in [-0.15, -0.1) is 11.3 Å². The topological polar surface area (TPSA) is 59.9 Å². The van der Waals surface area contributed by atoms with E-state index in [1.165, 1.54) is 0 Å². The zero-order valence-electron chi connectivity index (χ0n) is 9.80. The summed E-state index contributed by atoms with van der Waals surface area (Å²) in [7, 11) is 0. The van der Waals surface area contributed by atoms with Gasteiger partial charge in [0.25, 0.3) is 0 Å². The van der Waals surface area contributed by atoms with Gasteiger partial charge in [-0.3, -0.25) is 0 Å². The highest BCUT2D eigenvalue weighted by Gasteiger charge is 2.01. The minimum absolute atomic E-state index is 0.557. The molecule has 6 heteroatoms. The van der Waals surface area contributed by atoms with Crippen molar-refractivity contribution in [2.24, 2.45) is 0 Å². The normalized spacial score (nSPS) is 10.2. The first-order valence-corrected chi connectivity index (χ1v) is 6.26. The Kier molecular flexibility index (Phi) is 3.87. The van der Waals surface area contributed by atoms with Crippen LogP contribution in [0.15, 0.2) is 17.6 Å². The van der Waals surface area contributed by atoms with Crippen LogP contribution in [-0.2, 0) is 6.54 Å². The van der Waals surface area contributed by atoms with Crippen LogP contribution in [-0.4, -0.2) is 21.6 Å². The summed E-state index contributed by atoms with van der Waals surface area (Å²) < 4.78 is 5.30. The van der Waals surface area contributed by atoms with Gasteiger partial charge in [0.15, 0.2) is 0 Å². The van der Waals surface area contributed by atoms with Gasteiger partial charge in [0.2, 0.25) is 11.8 Å². The molecule has 0 bridgehead atoms. The highest BCUT2D eigenvalue weighted by atomic mass is 32.1. The number of anilines is 1. The fraction of sp³-hybridized carbons (Fsp3) is 0.364. The van der Waals surface area contributed by atoms with Crippen LogP contribution >= 0.6 is 11.3 Å². The fourth-order valence-corrected chi connectivity index (χ4v) is 1.93. The summed E-state index contributed by atoms with van der Waals surface area (Å²) in [5.74, 6) is 1.14. The number of thiazole rings is 1. The number of hydrogen-bond donors (Lipinski definition) is 1. The molecule has 0 saturated heterocycles. The van der Waals surface area contributed by atoms with Gasteiger partial charge in [-0.2, -0.15) is 4.98 Å². The maximum absolute atomic E-state index is 5.30. The van der Waals surface area contributed by atoms with Gasteiger partial charge in [-0.1, -0.05) is 0 Å². The van der Waals surface area contributed by atoms with E-state index < -0.39 is 0 Å². The highest BCUT2D eigenvalue weighted by Crippen LogP contribution is 2.11. The summed E-state index contributed by atoms with van der Waals surface area (Å²) in [6.07, 6.45) is 1.67. The van der Waals surface area contributed by atoms with E-state index in [1.807, 2.05) is 19.2 Å². The molecular formula is C11H14N4OS. The fourth-order valence-electron chi connectivity index (χ4n) is 1.31. The second-order valence-electron chi connectivity index (χ2n) is 3.36. The molecule has 0 saturated carbocycles. The van der Waals surface area contributed by atoms with Crippen molar-refractivity contribution in [3.05, 3.63) is 28.3 Å². The number of nitrogens with one attached hydrogen (secondary N) is 1. The zero-order valence-corrected chi connectivity index (χ0v) is 10.6. The molecule has 0 radical (unpaired) electrons. The quantitative estimate of drug-likeness (QED) is 0.882. The third-order valence-electron chi connectivity index (χ3n) is 2.02. The molecule has 0 amide bonds. The summed E-state index contributed by atoms with van der Waals surface area (Å²) >= 11 is 1.63. The second kappa shape index (κ2) is 5.58. The predicted molar refractivity (Wildman–Crippen MR) is 67.4 cm³/mol. The Morgan fingerprint density at radius 2 is 2.29 bits per heavy atom. The third kappa shape index (κ3) is 3.39. The Morgan fingerprint density at radius 1 is 1.41 bits per heavy atom. The molecule has 0 aromatic carbocycles. The van der Waals surface area contributed by atoms with Crippen molar-refractivity contribution in [3.63, 3.8) is 0 Å². The number of hydrogen-bond acceptors (Lipinski definition) is 6. The Hall–Kier alpha value is -1.69. The minimum atomic E-state index is 0.557. The smallest absolute Gasteiger partial charge is 0.226 e. The van der Waals surface area contributed by atoms with Gasteiger partial charge in [0.1, 0.15) is 0 Å². The molecule has 2 rings (SSSR count). The van der Waals surface area contributed by atoms with E-state index in [-0.39, 0.29) is 0 Å². The lowest BCUT2D eigenvalue weighted by Gasteiger charge is -2.05. The van der Waals surface area contributed by atoms with Gasteiger partial charge < -0.3 is 10.1 Å². The van der Waals surface area contributed by atoms with Crippen molar-refractivity contribution >= 4 is 17.3 Å². The standard InChI is InChI=1S/C11H14N4OS/c1-3-16-10-4-5-12-11(15-10)13-6-9-7-17-8(2)14-9/h4-5,7H,3,6H2,1-2H3,(H,12,13,15). The molecule has 2 heterocycles. The second-order valence-corrected chi connectivity index (χ2v) is 4.43. The Bertz CT molecular complexity index is 486. The molecule has 90 valence electrons. The van der Waals surface area contributed by atoms with Crippen LogP contribution in [0.25, 0.3) is 0 Å². The lowest BCUT2D eigenvalue weighted by atomic mass is 10.5. The number of rotatable bonds is 5. The largest absolute Gasteiger partial charge is 0.478 e. The molecule has 0 spiro atoms. The van der Waals surface area contributed by atoms with E-state index in [0.717, 1.165) is 10.7 Å². The van der Waals surface area contributed by atoms with E-state index in [0.29, 0.717) is 25.0 Å². The van der Waals surface area contributed by atoms with Gasteiger partial charge >= 0.3 is 0 Å². The van der Waals surface area contributed by atoms with Crippen LogP contribution in [0.2, 0.25) is 0 Å². The van der Waals surface area contributed by atoms with E-state index in [1.54, 1.807) is 23.6 Å². The molecule has 17 heavy (non-hydrogen) atoms. The van der Waals surface area contributed by atoms with E-state index in [9.17, 15) is 0 Å². The van der Waals surface area contributed by atoms with Gasteiger partial charge in [-0.05, 0) is 13.8 Å². The van der Waals surface area contributed by atoms with Crippen LogP contribution in [0, 0.1) is 6.92 Å². The van der Waals surface area contributed by atoms with Gasteiger partial charge in [0.05, 0.1) is 23.9 Å². The summed E-state index contributed by atoms with van der Waals surface area (Å²) in [5.41, 5.74) is 0.998. The molecule has 0 aliphatic heterocycles. The van der Waals surface area contributed by atoms with E-state index in [2.05, 4.69) is 20.3 Å². The first-order chi connectivity index (χ1) is 8.28. The average molecular weight is 250 g/mol. The summed E-state index contributed by atoms with van der Waals surface area (Å²) in [4.78, 5) is 12.7. The summed E-state index contributed by atoms with van der Waals surface area (Å²) in [6, 6.07) is 1.74. The summed E-state index contributed by atoms with van der Waals surface area (Å²) in [6.45, 7) is 5.13. The average Bonchev–Trinajstić information content (AvgIpc) is 2.74. The van der Waals surface area contributed by atoms with Crippen LogP contribution in [0.4, 0.5) is 5.95 Å².